The van der Waals surface area contributed by atoms with E-state index in [0.717, 1.165) is 48.1 Å². The van der Waals surface area contributed by atoms with Crippen LogP contribution in [0.4, 0.5) is 11.5 Å². The largest absolute Gasteiger partial charge is 0.342 e. The smallest absolute Gasteiger partial charge is 0.154 e. The van der Waals surface area contributed by atoms with Crippen molar-refractivity contribution in [2.75, 3.05) is 18.4 Å². The first-order valence-corrected chi connectivity index (χ1v) is 8.94. The van der Waals surface area contributed by atoms with Crippen molar-refractivity contribution in [3.63, 3.8) is 0 Å². The molecule has 4 rings (SSSR count). The number of aliphatic imine (C=N–C) groups is 1. The summed E-state index contributed by atoms with van der Waals surface area (Å²) in [4.78, 5) is 16.2. The molecule has 5 heteroatoms. The maximum absolute atomic E-state index is 4.72. The van der Waals surface area contributed by atoms with Crippen LogP contribution in [0, 0.1) is 0 Å². The van der Waals surface area contributed by atoms with E-state index in [9.17, 15) is 0 Å². The van der Waals surface area contributed by atoms with Gasteiger partial charge in [0.1, 0.15) is 5.84 Å². The number of fused-ring (bicyclic) bond motifs is 1. The lowest BCUT2D eigenvalue weighted by Crippen LogP contribution is -2.20. The second-order valence-electron chi connectivity index (χ2n) is 6.62. The molecule has 25 heavy (non-hydrogen) atoms. The van der Waals surface area contributed by atoms with E-state index < -0.39 is 0 Å². The molecule has 0 unspecified atom stereocenters. The molecule has 2 aromatic rings. The fourth-order valence-electron chi connectivity index (χ4n) is 3.43. The molecule has 2 aliphatic rings. The van der Waals surface area contributed by atoms with Crippen molar-refractivity contribution in [3.05, 3.63) is 54.0 Å². The summed E-state index contributed by atoms with van der Waals surface area (Å²) in [7, 11) is 0. The quantitative estimate of drug-likeness (QED) is 0.924. The molecule has 128 valence electrons. The van der Waals surface area contributed by atoms with Crippen LogP contribution in [0.2, 0.25) is 0 Å². The van der Waals surface area contributed by atoms with Crippen LogP contribution in [0.1, 0.15) is 36.2 Å². The molecule has 2 aliphatic heterocycles. The van der Waals surface area contributed by atoms with Crippen molar-refractivity contribution in [2.45, 2.75) is 32.2 Å². The van der Waals surface area contributed by atoms with Crippen LogP contribution in [-0.2, 0) is 13.0 Å². The highest BCUT2D eigenvalue weighted by atomic mass is 15.1. The zero-order chi connectivity index (χ0) is 17.1. The van der Waals surface area contributed by atoms with Crippen molar-refractivity contribution in [1.29, 1.82) is 0 Å². The van der Waals surface area contributed by atoms with Crippen molar-refractivity contribution in [3.8, 4) is 0 Å². The number of aryl methyl sites for hydroxylation is 1. The van der Waals surface area contributed by atoms with Crippen molar-refractivity contribution < 1.29 is 0 Å². The normalized spacial score (nSPS) is 18.8. The topological polar surface area (TPSA) is 53.4 Å². The molecular formula is C20H23N5. The lowest BCUT2D eigenvalue weighted by molar-refractivity contribution is 0.331. The number of nitrogens with one attached hydrogen (secondary N) is 1. The number of rotatable bonds is 4. The van der Waals surface area contributed by atoms with Crippen molar-refractivity contribution in [2.24, 2.45) is 4.99 Å². The lowest BCUT2D eigenvalue weighted by Gasteiger charge is -2.19. The Labute approximate surface area is 148 Å². The number of anilines is 1. The highest BCUT2D eigenvalue weighted by Crippen LogP contribution is 2.23. The lowest BCUT2D eigenvalue weighted by atomic mass is 10.1. The molecule has 0 atom stereocenters. The van der Waals surface area contributed by atoms with Gasteiger partial charge in [-0.25, -0.2) is 9.98 Å². The van der Waals surface area contributed by atoms with Crippen molar-refractivity contribution >= 4 is 23.4 Å². The van der Waals surface area contributed by atoms with Gasteiger partial charge in [-0.05, 0) is 68.3 Å². The van der Waals surface area contributed by atoms with Crippen LogP contribution in [0.3, 0.4) is 0 Å². The molecule has 0 aromatic carbocycles. The van der Waals surface area contributed by atoms with Gasteiger partial charge in [-0.3, -0.25) is 9.88 Å². The van der Waals surface area contributed by atoms with Gasteiger partial charge in [0, 0.05) is 19.2 Å². The molecular weight excluding hydrogens is 310 g/mol. The van der Waals surface area contributed by atoms with Gasteiger partial charge in [-0.15, -0.1) is 0 Å². The summed E-state index contributed by atoms with van der Waals surface area (Å²) >= 11 is 0. The predicted molar refractivity (Wildman–Crippen MR) is 102 cm³/mol. The van der Waals surface area contributed by atoms with E-state index in [1.165, 1.54) is 31.5 Å². The molecule has 0 aliphatic carbocycles. The van der Waals surface area contributed by atoms with E-state index in [1.54, 1.807) is 6.08 Å². The Morgan fingerprint density at radius 3 is 2.92 bits per heavy atom. The Morgan fingerprint density at radius 2 is 2.08 bits per heavy atom. The molecule has 0 saturated carbocycles. The Balaban J connectivity index is 1.49. The number of aromatic nitrogens is 2. The molecule has 0 bridgehead atoms. The number of pyridine rings is 2. The monoisotopic (exact) mass is 333 g/mol. The molecule has 1 saturated heterocycles. The fourth-order valence-corrected chi connectivity index (χ4v) is 3.43. The second-order valence-corrected chi connectivity index (χ2v) is 6.62. The van der Waals surface area contributed by atoms with Crippen LogP contribution >= 0.6 is 0 Å². The van der Waals surface area contributed by atoms with Gasteiger partial charge in [-0.1, -0.05) is 6.58 Å². The van der Waals surface area contributed by atoms with Gasteiger partial charge in [0.25, 0.3) is 0 Å². The molecule has 5 nitrogen and oxygen atoms in total. The highest BCUT2D eigenvalue weighted by Gasteiger charge is 2.16. The first-order valence-electron chi connectivity index (χ1n) is 8.94. The summed E-state index contributed by atoms with van der Waals surface area (Å²) in [5, 5.41) is 3.39. The Morgan fingerprint density at radius 1 is 1.20 bits per heavy atom. The minimum Gasteiger partial charge on any atom is -0.342 e. The van der Waals surface area contributed by atoms with Crippen LogP contribution in [0.25, 0.3) is 6.08 Å². The summed E-state index contributed by atoms with van der Waals surface area (Å²) in [6.07, 6.45) is 7.99. The number of amidine groups is 1. The highest BCUT2D eigenvalue weighted by molar-refractivity contribution is 5.99. The summed E-state index contributed by atoms with van der Waals surface area (Å²) in [5.74, 6) is 1.73. The van der Waals surface area contributed by atoms with E-state index in [2.05, 4.69) is 38.9 Å². The summed E-state index contributed by atoms with van der Waals surface area (Å²) in [6, 6.07) is 8.20. The fraction of sp³-hybridized carbons (Fsp3) is 0.350. The van der Waals surface area contributed by atoms with Gasteiger partial charge < -0.3 is 5.32 Å². The SMILES string of the molecule is C=Cc1ccc2c(n1)CCC(=Nc1cc(CN3CCCC3)ccn1)N2. The predicted octanol–water partition coefficient (Wildman–Crippen LogP) is 3.80. The second kappa shape index (κ2) is 7.15. The number of hydrogen-bond acceptors (Lipinski definition) is 4. The first-order chi connectivity index (χ1) is 12.3. The molecule has 1 N–H and O–H groups in total. The van der Waals surface area contributed by atoms with E-state index in [0.29, 0.717) is 0 Å². The third-order valence-electron chi connectivity index (χ3n) is 4.75. The van der Waals surface area contributed by atoms with Crippen LogP contribution in [-0.4, -0.2) is 33.8 Å². The zero-order valence-corrected chi connectivity index (χ0v) is 14.4. The summed E-state index contributed by atoms with van der Waals surface area (Å²) < 4.78 is 0. The molecule has 0 radical (unpaired) electrons. The first kappa shape index (κ1) is 16.0. The van der Waals surface area contributed by atoms with E-state index in [1.807, 2.05) is 18.3 Å². The van der Waals surface area contributed by atoms with Crippen LogP contribution in [0.15, 0.2) is 42.0 Å². The van der Waals surface area contributed by atoms with Gasteiger partial charge in [0.15, 0.2) is 5.82 Å². The maximum atomic E-state index is 4.72. The maximum Gasteiger partial charge on any atom is 0.154 e. The molecule has 0 amide bonds. The third-order valence-corrected chi connectivity index (χ3v) is 4.75. The molecule has 2 aromatic heterocycles. The third kappa shape index (κ3) is 3.77. The van der Waals surface area contributed by atoms with E-state index in [-0.39, 0.29) is 0 Å². The Hall–Kier alpha value is -2.53. The molecule has 4 heterocycles. The standard InChI is InChI=1S/C20H23N5/c1-2-16-5-6-18-17(22-16)7-8-19(23-18)24-20-13-15(9-10-21-20)14-25-11-3-4-12-25/h2,5-6,9-10,13H,1,3-4,7-8,11-12,14H2,(H,21,23,24). The summed E-state index contributed by atoms with van der Waals surface area (Å²) in [5.41, 5.74) is 4.30. The average molecular weight is 333 g/mol. The zero-order valence-electron chi connectivity index (χ0n) is 14.4. The van der Waals surface area contributed by atoms with E-state index in [4.69, 9.17) is 4.99 Å². The number of hydrogen-bond donors (Lipinski definition) is 1. The summed E-state index contributed by atoms with van der Waals surface area (Å²) in [6.45, 7) is 7.17. The van der Waals surface area contributed by atoms with E-state index >= 15 is 0 Å². The van der Waals surface area contributed by atoms with Gasteiger partial charge in [0.2, 0.25) is 0 Å². The van der Waals surface area contributed by atoms with Crippen LogP contribution < -0.4 is 5.32 Å². The average Bonchev–Trinajstić information content (AvgIpc) is 3.14. The van der Waals surface area contributed by atoms with Gasteiger partial charge >= 0.3 is 0 Å². The number of likely N-dealkylation sites (tertiary alicyclic amines) is 1. The Kier molecular flexibility index (Phi) is 4.57. The van der Waals surface area contributed by atoms with Gasteiger partial charge in [-0.2, -0.15) is 0 Å². The minimum absolute atomic E-state index is 0.776. The molecule has 1 fully saturated rings. The Bertz CT molecular complexity index is 805. The molecule has 0 spiro atoms. The van der Waals surface area contributed by atoms with Crippen LogP contribution in [0.5, 0.6) is 0 Å². The number of nitrogens with zero attached hydrogens (tertiary/aromatic N) is 4. The minimum atomic E-state index is 0.776. The van der Waals surface area contributed by atoms with Crippen molar-refractivity contribution in [1.82, 2.24) is 14.9 Å². The van der Waals surface area contributed by atoms with Gasteiger partial charge in [0.05, 0.1) is 17.1 Å².